The second kappa shape index (κ2) is 9.65. The van der Waals surface area contributed by atoms with Crippen LogP contribution in [-0.2, 0) is 16.0 Å². The molecule has 1 aliphatic rings. The van der Waals surface area contributed by atoms with E-state index < -0.39 is 0 Å². The number of aromatic nitrogens is 1. The van der Waals surface area contributed by atoms with Gasteiger partial charge in [0, 0.05) is 18.7 Å². The van der Waals surface area contributed by atoms with E-state index >= 15 is 0 Å². The summed E-state index contributed by atoms with van der Waals surface area (Å²) in [6, 6.07) is 18.8. The van der Waals surface area contributed by atoms with E-state index in [2.05, 4.69) is 10.3 Å². The Kier molecular flexibility index (Phi) is 6.51. The van der Waals surface area contributed by atoms with Crippen LogP contribution in [0, 0.1) is 6.92 Å². The number of carbonyl (C=O) groups is 3. The molecule has 0 saturated carbocycles. The highest BCUT2D eigenvalue weighted by atomic mass is 32.2. The number of oxazole rings is 1. The van der Waals surface area contributed by atoms with Gasteiger partial charge in [0.15, 0.2) is 0 Å². The monoisotopic (exact) mass is 447 g/mol. The fraction of sp³-hybridized carbons (Fsp3) is 0.167. The van der Waals surface area contributed by atoms with Crippen molar-refractivity contribution in [3.8, 4) is 11.5 Å². The van der Waals surface area contributed by atoms with E-state index in [-0.39, 0.29) is 36.6 Å². The fourth-order valence-corrected chi connectivity index (χ4v) is 4.08. The minimum absolute atomic E-state index is 0.0535. The molecule has 2 heterocycles. The van der Waals surface area contributed by atoms with Crippen LogP contribution in [-0.4, -0.2) is 40.0 Å². The van der Waals surface area contributed by atoms with Crippen LogP contribution in [0.3, 0.4) is 0 Å². The number of hydrogen-bond donors (Lipinski definition) is 1. The second-order valence-corrected chi connectivity index (χ2v) is 8.15. The zero-order valence-corrected chi connectivity index (χ0v) is 18.2. The zero-order chi connectivity index (χ0) is 22.5. The highest BCUT2D eigenvalue weighted by Crippen LogP contribution is 2.31. The van der Waals surface area contributed by atoms with Crippen LogP contribution >= 0.6 is 11.8 Å². The molecule has 1 saturated heterocycles. The number of imide groups is 1. The number of aryl methyl sites for hydroxylation is 1. The van der Waals surface area contributed by atoms with Gasteiger partial charge in [-0.1, -0.05) is 48.5 Å². The molecular weight excluding hydrogens is 426 g/mol. The average Bonchev–Trinajstić information content (AvgIpc) is 3.29. The van der Waals surface area contributed by atoms with E-state index in [1.165, 1.54) is 0 Å². The van der Waals surface area contributed by atoms with Crippen molar-refractivity contribution in [2.24, 2.45) is 0 Å². The maximum Gasteiger partial charge on any atom is 0.293 e. The topological polar surface area (TPSA) is 92.5 Å². The molecule has 1 N–H and O–H groups in total. The molecule has 3 aromatic rings. The SMILES string of the molecule is Cc1oc(-c2ccccc2)nc1CC(=O)NCCN1C(=O)S/C(=C\c2ccccc2)C1=O. The maximum absolute atomic E-state index is 12.6. The van der Waals surface area contributed by atoms with Crippen molar-refractivity contribution in [1.29, 1.82) is 0 Å². The van der Waals surface area contributed by atoms with Crippen LogP contribution in [0.2, 0.25) is 0 Å². The van der Waals surface area contributed by atoms with E-state index in [0.29, 0.717) is 22.3 Å². The molecule has 1 fully saturated rings. The van der Waals surface area contributed by atoms with E-state index in [9.17, 15) is 14.4 Å². The molecule has 0 aliphatic carbocycles. The van der Waals surface area contributed by atoms with Crippen LogP contribution in [0.5, 0.6) is 0 Å². The van der Waals surface area contributed by atoms with Crippen LogP contribution in [0.4, 0.5) is 4.79 Å². The van der Waals surface area contributed by atoms with Crippen molar-refractivity contribution in [2.75, 3.05) is 13.1 Å². The average molecular weight is 448 g/mol. The number of nitrogens with one attached hydrogen (secondary N) is 1. The standard InChI is InChI=1S/C24H21N3O4S/c1-16-19(26-22(31-16)18-10-6-3-7-11-18)15-21(28)25-12-13-27-23(29)20(32-24(27)30)14-17-8-4-2-5-9-17/h2-11,14H,12-13,15H2,1H3,(H,25,28)/b20-14-. The van der Waals surface area contributed by atoms with Crippen molar-refractivity contribution in [3.63, 3.8) is 0 Å². The molecule has 0 radical (unpaired) electrons. The molecule has 3 amide bonds. The van der Waals surface area contributed by atoms with Crippen LogP contribution in [0.25, 0.3) is 17.5 Å². The predicted octanol–water partition coefficient (Wildman–Crippen LogP) is 4.05. The first-order valence-corrected chi connectivity index (χ1v) is 10.9. The Morgan fingerprint density at radius 3 is 2.50 bits per heavy atom. The first-order valence-electron chi connectivity index (χ1n) is 10.1. The number of rotatable bonds is 7. The molecule has 0 spiro atoms. The first kappa shape index (κ1) is 21.6. The molecule has 4 rings (SSSR count). The van der Waals surface area contributed by atoms with Crippen LogP contribution in [0.1, 0.15) is 17.0 Å². The Morgan fingerprint density at radius 2 is 1.78 bits per heavy atom. The lowest BCUT2D eigenvalue weighted by Crippen LogP contribution is -2.37. The van der Waals surface area contributed by atoms with E-state index in [0.717, 1.165) is 27.8 Å². The number of thioether (sulfide) groups is 1. The van der Waals surface area contributed by atoms with Gasteiger partial charge in [0.25, 0.3) is 11.1 Å². The van der Waals surface area contributed by atoms with Gasteiger partial charge in [-0.05, 0) is 42.5 Å². The van der Waals surface area contributed by atoms with Crippen molar-refractivity contribution in [2.45, 2.75) is 13.3 Å². The molecule has 162 valence electrons. The summed E-state index contributed by atoms with van der Waals surface area (Å²) in [5.74, 6) is 0.440. The summed E-state index contributed by atoms with van der Waals surface area (Å²) >= 11 is 0.904. The molecule has 1 aliphatic heterocycles. The van der Waals surface area contributed by atoms with Crippen molar-refractivity contribution in [1.82, 2.24) is 15.2 Å². The number of nitrogens with zero attached hydrogens (tertiary/aromatic N) is 2. The summed E-state index contributed by atoms with van der Waals surface area (Å²) in [5, 5.41) is 2.40. The lowest BCUT2D eigenvalue weighted by atomic mass is 10.2. The quantitative estimate of drug-likeness (QED) is 0.550. The lowest BCUT2D eigenvalue weighted by molar-refractivity contribution is -0.124. The highest BCUT2D eigenvalue weighted by Gasteiger charge is 2.34. The van der Waals surface area contributed by atoms with Gasteiger partial charge in [0.2, 0.25) is 11.8 Å². The summed E-state index contributed by atoms with van der Waals surface area (Å²) in [7, 11) is 0. The highest BCUT2D eigenvalue weighted by molar-refractivity contribution is 8.18. The first-order chi connectivity index (χ1) is 15.5. The Morgan fingerprint density at radius 1 is 1.09 bits per heavy atom. The van der Waals surface area contributed by atoms with Crippen LogP contribution < -0.4 is 5.32 Å². The molecule has 0 atom stereocenters. The molecule has 7 nitrogen and oxygen atoms in total. The molecule has 0 bridgehead atoms. The third kappa shape index (κ3) is 4.97. The van der Waals surface area contributed by atoms with Gasteiger partial charge >= 0.3 is 0 Å². The van der Waals surface area contributed by atoms with E-state index in [1.807, 2.05) is 60.7 Å². The third-order valence-corrected chi connectivity index (χ3v) is 5.78. The minimum atomic E-state index is -0.349. The molecule has 2 aromatic carbocycles. The number of carbonyl (C=O) groups excluding carboxylic acids is 3. The summed E-state index contributed by atoms with van der Waals surface area (Å²) in [4.78, 5) is 43.1. The summed E-state index contributed by atoms with van der Waals surface area (Å²) in [6.45, 7) is 2.04. The van der Waals surface area contributed by atoms with Crippen molar-refractivity contribution in [3.05, 3.63) is 82.6 Å². The second-order valence-electron chi connectivity index (χ2n) is 7.16. The Balaban J connectivity index is 1.31. The van der Waals surface area contributed by atoms with Gasteiger partial charge in [0.1, 0.15) is 5.76 Å². The molecule has 0 unspecified atom stereocenters. The summed E-state index contributed by atoms with van der Waals surface area (Å²) in [5.41, 5.74) is 2.24. The third-order valence-electron chi connectivity index (χ3n) is 4.87. The van der Waals surface area contributed by atoms with Gasteiger partial charge in [-0.25, -0.2) is 4.98 Å². The van der Waals surface area contributed by atoms with E-state index in [4.69, 9.17) is 4.42 Å². The van der Waals surface area contributed by atoms with Crippen LogP contribution in [0.15, 0.2) is 70.0 Å². The lowest BCUT2D eigenvalue weighted by Gasteiger charge is -2.12. The fourth-order valence-electron chi connectivity index (χ4n) is 3.21. The Hall–Kier alpha value is -3.65. The van der Waals surface area contributed by atoms with Gasteiger partial charge in [0.05, 0.1) is 17.0 Å². The summed E-state index contributed by atoms with van der Waals surface area (Å²) < 4.78 is 5.68. The zero-order valence-electron chi connectivity index (χ0n) is 17.4. The van der Waals surface area contributed by atoms with E-state index in [1.54, 1.807) is 13.0 Å². The predicted molar refractivity (Wildman–Crippen MR) is 123 cm³/mol. The number of benzene rings is 2. The number of hydrogen-bond acceptors (Lipinski definition) is 6. The van der Waals surface area contributed by atoms with Gasteiger partial charge in [-0.15, -0.1) is 0 Å². The molecule has 32 heavy (non-hydrogen) atoms. The Labute approximate surface area is 189 Å². The maximum atomic E-state index is 12.6. The molecule has 1 aromatic heterocycles. The Bertz CT molecular complexity index is 1170. The normalized spacial score (nSPS) is 14.9. The molecular formula is C24H21N3O4S. The smallest absolute Gasteiger partial charge is 0.293 e. The van der Waals surface area contributed by atoms with Crippen molar-refractivity contribution < 1.29 is 18.8 Å². The van der Waals surface area contributed by atoms with Gasteiger partial charge < -0.3 is 9.73 Å². The van der Waals surface area contributed by atoms with Crippen molar-refractivity contribution >= 4 is 34.9 Å². The van der Waals surface area contributed by atoms with Gasteiger partial charge in [-0.3, -0.25) is 19.3 Å². The number of amides is 3. The largest absolute Gasteiger partial charge is 0.441 e. The summed E-state index contributed by atoms with van der Waals surface area (Å²) in [6.07, 6.45) is 1.75. The minimum Gasteiger partial charge on any atom is -0.441 e. The van der Waals surface area contributed by atoms with Gasteiger partial charge in [-0.2, -0.15) is 0 Å². The molecule has 8 heteroatoms.